The highest BCUT2D eigenvalue weighted by atomic mass is 16.3. The maximum absolute atomic E-state index is 12.3. The number of fused-ring (bicyclic) bond motifs is 2. The number of benzene rings is 1. The van der Waals surface area contributed by atoms with E-state index in [9.17, 15) is 9.90 Å². The van der Waals surface area contributed by atoms with Crippen molar-refractivity contribution < 1.29 is 9.90 Å². The highest BCUT2D eigenvalue weighted by Crippen LogP contribution is 2.19. The van der Waals surface area contributed by atoms with Crippen LogP contribution >= 0.6 is 0 Å². The van der Waals surface area contributed by atoms with E-state index < -0.39 is 0 Å². The molecule has 1 aliphatic carbocycles. The zero-order valence-electron chi connectivity index (χ0n) is 11.6. The van der Waals surface area contributed by atoms with E-state index in [1.165, 1.54) is 0 Å². The lowest BCUT2D eigenvalue weighted by molar-refractivity contribution is -0.112. The number of aromatic nitrogens is 1. The van der Waals surface area contributed by atoms with Gasteiger partial charge >= 0.3 is 0 Å². The van der Waals surface area contributed by atoms with Crippen molar-refractivity contribution in [3.8, 4) is 5.75 Å². The molecule has 4 rings (SSSR count). The van der Waals surface area contributed by atoms with Gasteiger partial charge in [0, 0.05) is 15.8 Å². The first-order valence-electron chi connectivity index (χ1n) is 7.01. The fourth-order valence-corrected chi connectivity index (χ4v) is 3.00. The zero-order valence-corrected chi connectivity index (χ0v) is 11.6. The van der Waals surface area contributed by atoms with Gasteiger partial charge in [0.15, 0.2) is 0 Å². The van der Waals surface area contributed by atoms with Gasteiger partial charge in [-0.15, -0.1) is 0 Å². The molecule has 1 aromatic carbocycles. The van der Waals surface area contributed by atoms with E-state index in [1.54, 1.807) is 0 Å². The minimum Gasteiger partial charge on any atom is -0.505 e. The van der Waals surface area contributed by atoms with Gasteiger partial charge in [-0.2, -0.15) is 0 Å². The van der Waals surface area contributed by atoms with Crippen LogP contribution in [-0.2, 0) is 4.79 Å². The van der Waals surface area contributed by atoms with Crippen LogP contribution < -0.4 is 21.1 Å². The number of hydrogen-bond donors (Lipinski definition) is 2. The molecule has 0 spiro atoms. The van der Waals surface area contributed by atoms with Gasteiger partial charge < -0.3 is 10.1 Å². The number of H-pyrrole nitrogens is 1. The fraction of sp³-hybridized carbons (Fsp3) is 0.176. The second kappa shape index (κ2) is 4.19. The minimum absolute atomic E-state index is 0.147. The van der Waals surface area contributed by atoms with Crippen LogP contribution in [0, 0.1) is 6.92 Å². The first-order valence-corrected chi connectivity index (χ1v) is 7.01. The molecule has 0 unspecified atom stereocenters. The Labute approximate surface area is 120 Å². The summed E-state index contributed by atoms with van der Waals surface area (Å²) in [5.74, 6) is -0.154. The molecule has 4 nitrogen and oxygen atoms in total. The SMILES string of the molecule is Cc1ccc2c(c1)=C(c1[nH]c3c(c1O)=CCCC=3)C(=O)N=2. The standard InChI is InChI=1S/C17H14N2O2/c1-9-6-7-13-11(8-9)14(17(21)19-13)15-16(20)10-4-2-3-5-12(10)18-15/h4-8,18,20H,2-3H2,1H3. The number of aryl methyl sites for hydroxylation is 1. The van der Waals surface area contributed by atoms with Crippen LogP contribution in [0.4, 0.5) is 0 Å². The Morgan fingerprint density at radius 1 is 1.24 bits per heavy atom. The molecule has 0 radical (unpaired) electrons. The summed E-state index contributed by atoms with van der Waals surface area (Å²) in [5.41, 5.74) is 2.00. The molecule has 2 aliphatic rings. The second-order valence-electron chi connectivity index (χ2n) is 5.47. The van der Waals surface area contributed by atoms with Gasteiger partial charge in [0.1, 0.15) is 5.75 Å². The Morgan fingerprint density at radius 3 is 2.86 bits per heavy atom. The summed E-state index contributed by atoms with van der Waals surface area (Å²) < 4.78 is 0. The summed E-state index contributed by atoms with van der Waals surface area (Å²) in [7, 11) is 0. The number of carbonyl (C=O) groups is 1. The second-order valence-corrected chi connectivity index (χ2v) is 5.47. The maximum atomic E-state index is 12.3. The van der Waals surface area contributed by atoms with E-state index in [-0.39, 0.29) is 11.7 Å². The largest absolute Gasteiger partial charge is 0.505 e. The summed E-state index contributed by atoms with van der Waals surface area (Å²) in [6.45, 7) is 1.97. The Hall–Kier alpha value is -2.62. The van der Waals surface area contributed by atoms with Crippen molar-refractivity contribution in [3.63, 3.8) is 0 Å². The van der Waals surface area contributed by atoms with Crippen LogP contribution in [0.25, 0.3) is 17.7 Å². The number of aromatic hydroxyl groups is 1. The summed E-state index contributed by atoms with van der Waals surface area (Å²) in [6.07, 6.45) is 5.89. The molecule has 0 fully saturated rings. The average Bonchev–Trinajstić information content (AvgIpc) is 2.96. The molecule has 0 saturated heterocycles. The van der Waals surface area contributed by atoms with Crippen molar-refractivity contribution in [2.45, 2.75) is 19.8 Å². The minimum atomic E-state index is -0.301. The van der Waals surface area contributed by atoms with Crippen LogP contribution in [0.15, 0.2) is 23.2 Å². The molecule has 0 bridgehead atoms. The highest BCUT2D eigenvalue weighted by molar-refractivity contribution is 6.21. The summed E-state index contributed by atoms with van der Waals surface area (Å²) in [4.78, 5) is 19.5. The topological polar surface area (TPSA) is 65.4 Å². The Bertz CT molecular complexity index is 1030. The molecular weight excluding hydrogens is 264 g/mol. The summed E-state index contributed by atoms with van der Waals surface area (Å²) >= 11 is 0. The van der Waals surface area contributed by atoms with Crippen molar-refractivity contribution in [1.82, 2.24) is 4.98 Å². The molecule has 0 atom stereocenters. The van der Waals surface area contributed by atoms with Crippen molar-refractivity contribution >= 4 is 23.6 Å². The molecule has 104 valence electrons. The third-order valence-corrected chi connectivity index (χ3v) is 4.01. The van der Waals surface area contributed by atoms with Gasteiger partial charge in [-0.25, -0.2) is 4.99 Å². The van der Waals surface area contributed by atoms with Crippen LogP contribution in [0.3, 0.4) is 0 Å². The first kappa shape index (κ1) is 12.1. The molecule has 1 aliphatic heterocycles. The number of carbonyl (C=O) groups excluding carboxylic acids is 1. The Kier molecular flexibility index (Phi) is 2.42. The molecule has 0 saturated carbocycles. The lowest BCUT2D eigenvalue weighted by atomic mass is 10.1. The number of nitrogens with zero attached hydrogens (tertiary/aromatic N) is 1. The molecular formula is C17H14N2O2. The van der Waals surface area contributed by atoms with Crippen molar-refractivity contribution in [3.05, 3.63) is 50.6 Å². The van der Waals surface area contributed by atoms with Gasteiger partial charge in [0.25, 0.3) is 5.91 Å². The zero-order chi connectivity index (χ0) is 14.6. The third-order valence-electron chi connectivity index (χ3n) is 4.01. The first-order chi connectivity index (χ1) is 10.1. The Morgan fingerprint density at radius 2 is 2.05 bits per heavy atom. The average molecular weight is 278 g/mol. The van der Waals surface area contributed by atoms with E-state index in [0.29, 0.717) is 16.6 Å². The quantitative estimate of drug-likeness (QED) is 0.755. The molecule has 2 aromatic rings. The van der Waals surface area contributed by atoms with Gasteiger partial charge in [-0.1, -0.05) is 23.8 Å². The van der Waals surface area contributed by atoms with E-state index in [0.717, 1.165) is 34.2 Å². The van der Waals surface area contributed by atoms with Crippen molar-refractivity contribution in [1.29, 1.82) is 0 Å². The normalized spacial score (nSPS) is 15.9. The van der Waals surface area contributed by atoms with E-state index in [4.69, 9.17) is 0 Å². The molecule has 1 amide bonds. The number of aromatic amines is 1. The van der Waals surface area contributed by atoms with Gasteiger partial charge in [-0.05, 0) is 31.9 Å². The monoisotopic (exact) mass is 278 g/mol. The maximum Gasteiger partial charge on any atom is 0.280 e. The lowest BCUT2D eigenvalue weighted by Crippen LogP contribution is -2.24. The predicted molar refractivity (Wildman–Crippen MR) is 79.3 cm³/mol. The molecule has 2 N–H and O–H groups in total. The van der Waals surface area contributed by atoms with E-state index >= 15 is 0 Å². The number of amides is 1. The molecule has 21 heavy (non-hydrogen) atoms. The van der Waals surface area contributed by atoms with Crippen molar-refractivity contribution in [2.75, 3.05) is 0 Å². The van der Waals surface area contributed by atoms with Gasteiger partial charge in [0.2, 0.25) is 0 Å². The van der Waals surface area contributed by atoms with Crippen LogP contribution in [0.1, 0.15) is 24.1 Å². The number of hydrogen-bond acceptors (Lipinski definition) is 2. The van der Waals surface area contributed by atoms with Crippen LogP contribution in [-0.4, -0.2) is 16.0 Å². The number of nitrogens with one attached hydrogen (secondary N) is 1. The Balaban J connectivity index is 2.13. The fourth-order valence-electron chi connectivity index (χ4n) is 3.00. The highest BCUT2D eigenvalue weighted by Gasteiger charge is 2.23. The van der Waals surface area contributed by atoms with Crippen molar-refractivity contribution in [2.24, 2.45) is 4.99 Å². The lowest BCUT2D eigenvalue weighted by Gasteiger charge is -1.98. The number of rotatable bonds is 1. The molecule has 4 heteroatoms. The van der Waals surface area contributed by atoms with Gasteiger partial charge in [0.05, 0.1) is 16.6 Å². The summed E-state index contributed by atoms with van der Waals surface area (Å²) in [6, 6.07) is 5.71. The van der Waals surface area contributed by atoms with Crippen LogP contribution in [0.2, 0.25) is 0 Å². The van der Waals surface area contributed by atoms with Gasteiger partial charge in [-0.3, -0.25) is 4.79 Å². The smallest absolute Gasteiger partial charge is 0.280 e. The molecule has 2 heterocycles. The van der Waals surface area contributed by atoms with E-state index in [1.807, 2.05) is 37.3 Å². The third kappa shape index (κ3) is 1.69. The summed E-state index contributed by atoms with van der Waals surface area (Å²) in [5, 5.41) is 13.6. The van der Waals surface area contributed by atoms with Crippen LogP contribution in [0.5, 0.6) is 5.75 Å². The predicted octanol–water partition coefficient (Wildman–Crippen LogP) is -0.258. The van der Waals surface area contributed by atoms with E-state index in [2.05, 4.69) is 9.98 Å². The molecule has 1 aromatic heterocycles.